The first-order chi connectivity index (χ1) is 9.47. The van der Waals surface area contributed by atoms with Gasteiger partial charge in [-0.1, -0.05) is 25.1 Å². The highest BCUT2D eigenvalue weighted by atomic mass is 32.2. The van der Waals surface area contributed by atoms with Gasteiger partial charge in [0.05, 0.1) is 18.8 Å². The van der Waals surface area contributed by atoms with Crippen LogP contribution in [0.5, 0.6) is 5.75 Å². The van der Waals surface area contributed by atoms with Crippen LogP contribution >= 0.6 is 0 Å². The zero-order chi connectivity index (χ0) is 14.8. The molecule has 1 aromatic rings. The number of nitrogens with zero attached hydrogens (tertiary/aromatic N) is 1. The Morgan fingerprint density at radius 1 is 1.35 bits per heavy atom. The Labute approximate surface area is 119 Å². The predicted octanol–water partition coefficient (Wildman–Crippen LogP) is 0.883. The maximum atomic E-state index is 12.1. The van der Waals surface area contributed by atoms with Crippen LogP contribution in [0.2, 0.25) is 0 Å². The van der Waals surface area contributed by atoms with E-state index in [-0.39, 0.29) is 18.1 Å². The molecule has 1 saturated heterocycles. The second-order valence-corrected chi connectivity index (χ2v) is 7.43. The normalized spacial score (nSPS) is 15.8. The minimum absolute atomic E-state index is 0.0583. The van der Waals surface area contributed by atoms with E-state index in [1.165, 1.54) is 0 Å². The van der Waals surface area contributed by atoms with Crippen molar-refractivity contribution in [2.24, 2.45) is 0 Å². The molecule has 110 valence electrons. The number of hydrogen-bond donors (Lipinski definition) is 0. The molecule has 0 N–H and O–H groups in total. The molecule has 6 heteroatoms. The van der Waals surface area contributed by atoms with Crippen LogP contribution in [-0.4, -0.2) is 50.4 Å². The number of amides is 1. The fourth-order valence-corrected chi connectivity index (χ4v) is 3.51. The van der Waals surface area contributed by atoms with Gasteiger partial charge in [-0.3, -0.25) is 4.79 Å². The van der Waals surface area contributed by atoms with Crippen LogP contribution in [0.15, 0.2) is 24.3 Å². The van der Waals surface area contributed by atoms with Crippen molar-refractivity contribution >= 4 is 15.7 Å². The molecule has 20 heavy (non-hydrogen) atoms. The molecule has 5 nitrogen and oxygen atoms in total. The van der Waals surface area contributed by atoms with E-state index >= 15 is 0 Å². The standard InChI is InChI=1S/C14H19NO4S/c1-3-20(17,18)12-9-15(10-12)14(16)8-11-6-4-5-7-13(11)19-2/h4-7,12H,3,8-10H2,1-2H3. The van der Waals surface area contributed by atoms with Gasteiger partial charge in [0.2, 0.25) is 5.91 Å². The summed E-state index contributed by atoms with van der Waals surface area (Å²) in [4.78, 5) is 13.7. The molecule has 1 fully saturated rings. The highest BCUT2D eigenvalue weighted by Gasteiger charge is 2.38. The molecule has 1 heterocycles. The van der Waals surface area contributed by atoms with Gasteiger partial charge in [0.25, 0.3) is 0 Å². The molecule has 0 aromatic heterocycles. The van der Waals surface area contributed by atoms with Gasteiger partial charge in [-0.15, -0.1) is 0 Å². The number of methoxy groups -OCH3 is 1. The minimum atomic E-state index is -3.03. The van der Waals surface area contributed by atoms with E-state index in [1.807, 2.05) is 24.3 Å². The number of sulfone groups is 1. The molecule has 0 saturated carbocycles. The van der Waals surface area contributed by atoms with Crippen molar-refractivity contribution in [1.29, 1.82) is 0 Å². The third-order valence-corrected chi connectivity index (χ3v) is 5.76. The summed E-state index contributed by atoms with van der Waals surface area (Å²) in [5, 5.41) is -0.394. The van der Waals surface area contributed by atoms with Gasteiger partial charge in [0.1, 0.15) is 5.75 Å². The zero-order valence-electron chi connectivity index (χ0n) is 11.7. The summed E-state index contributed by atoms with van der Waals surface area (Å²) in [5.74, 6) is 0.753. The van der Waals surface area contributed by atoms with Crippen molar-refractivity contribution in [2.45, 2.75) is 18.6 Å². The van der Waals surface area contributed by atoms with Crippen LogP contribution in [0.4, 0.5) is 0 Å². The maximum Gasteiger partial charge on any atom is 0.227 e. The van der Waals surface area contributed by atoms with Crippen LogP contribution in [0.3, 0.4) is 0 Å². The predicted molar refractivity (Wildman–Crippen MR) is 76.5 cm³/mol. The molecule has 0 unspecified atom stereocenters. The van der Waals surface area contributed by atoms with Gasteiger partial charge in [0, 0.05) is 24.4 Å². The van der Waals surface area contributed by atoms with Crippen LogP contribution < -0.4 is 4.74 Å². The number of carbonyl (C=O) groups excluding carboxylic acids is 1. The lowest BCUT2D eigenvalue weighted by molar-refractivity contribution is -0.133. The summed E-state index contributed by atoms with van der Waals surface area (Å²) in [6, 6.07) is 7.35. The Hall–Kier alpha value is -1.56. The summed E-state index contributed by atoms with van der Waals surface area (Å²) >= 11 is 0. The van der Waals surface area contributed by atoms with Crippen LogP contribution in [0.25, 0.3) is 0 Å². The SMILES string of the molecule is CCS(=O)(=O)C1CN(C(=O)Cc2ccccc2OC)C1. The molecule has 1 amide bonds. The topological polar surface area (TPSA) is 63.7 Å². The molecule has 2 rings (SSSR count). The highest BCUT2D eigenvalue weighted by Crippen LogP contribution is 2.22. The number of para-hydroxylation sites is 1. The highest BCUT2D eigenvalue weighted by molar-refractivity contribution is 7.92. The third-order valence-electron chi connectivity index (χ3n) is 3.65. The van der Waals surface area contributed by atoms with Crippen LogP contribution in [0.1, 0.15) is 12.5 Å². The van der Waals surface area contributed by atoms with E-state index in [4.69, 9.17) is 4.74 Å². The quantitative estimate of drug-likeness (QED) is 0.809. The summed E-state index contributed by atoms with van der Waals surface area (Å²) in [6.07, 6.45) is 0.239. The maximum absolute atomic E-state index is 12.1. The first-order valence-electron chi connectivity index (χ1n) is 6.59. The van der Waals surface area contributed by atoms with Crippen molar-refractivity contribution < 1.29 is 17.9 Å². The van der Waals surface area contributed by atoms with Gasteiger partial charge in [-0.2, -0.15) is 0 Å². The Morgan fingerprint density at radius 2 is 2.00 bits per heavy atom. The summed E-state index contributed by atoms with van der Waals surface area (Å²) in [7, 11) is -1.47. The molecule has 0 bridgehead atoms. The first kappa shape index (κ1) is 14.8. The van der Waals surface area contributed by atoms with E-state index in [2.05, 4.69) is 0 Å². The lowest BCUT2D eigenvalue weighted by Gasteiger charge is -2.38. The summed E-state index contributed by atoms with van der Waals surface area (Å²) in [6.45, 7) is 2.25. The van der Waals surface area contributed by atoms with Crippen molar-refractivity contribution in [3.63, 3.8) is 0 Å². The average molecular weight is 297 g/mol. The van der Waals surface area contributed by atoms with Gasteiger partial charge < -0.3 is 9.64 Å². The minimum Gasteiger partial charge on any atom is -0.496 e. The lowest BCUT2D eigenvalue weighted by atomic mass is 10.1. The lowest BCUT2D eigenvalue weighted by Crippen LogP contribution is -2.57. The van der Waals surface area contributed by atoms with E-state index in [1.54, 1.807) is 18.9 Å². The molecule has 1 aliphatic heterocycles. The fraction of sp³-hybridized carbons (Fsp3) is 0.500. The number of hydrogen-bond acceptors (Lipinski definition) is 4. The van der Waals surface area contributed by atoms with Gasteiger partial charge in [-0.25, -0.2) is 8.42 Å². The number of rotatable bonds is 5. The smallest absolute Gasteiger partial charge is 0.227 e. The number of benzene rings is 1. The Bertz CT molecular complexity index is 591. The second kappa shape index (κ2) is 5.83. The van der Waals surface area contributed by atoms with Crippen LogP contribution in [-0.2, 0) is 21.1 Å². The molecule has 1 aliphatic rings. The molecular formula is C14H19NO4S. The second-order valence-electron chi connectivity index (χ2n) is 4.86. The third kappa shape index (κ3) is 2.95. The summed E-state index contributed by atoms with van der Waals surface area (Å²) in [5.41, 5.74) is 0.821. The van der Waals surface area contributed by atoms with Crippen molar-refractivity contribution in [3.05, 3.63) is 29.8 Å². The van der Waals surface area contributed by atoms with E-state index < -0.39 is 15.1 Å². The largest absolute Gasteiger partial charge is 0.496 e. The van der Waals surface area contributed by atoms with Crippen molar-refractivity contribution in [3.8, 4) is 5.75 Å². The molecular weight excluding hydrogens is 278 g/mol. The molecule has 0 aliphatic carbocycles. The number of likely N-dealkylation sites (tertiary alicyclic amines) is 1. The van der Waals surface area contributed by atoms with Crippen molar-refractivity contribution in [2.75, 3.05) is 26.0 Å². The Kier molecular flexibility index (Phi) is 4.32. The van der Waals surface area contributed by atoms with E-state index in [0.717, 1.165) is 5.56 Å². The number of ether oxygens (including phenoxy) is 1. The van der Waals surface area contributed by atoms with Gasteiger partial charge in [-0.05, 0) is 6.07 Å². The Morgan fingerprint density at radius 3 is 2.60 bits per heavy atom. The van der Waals surface area contributed by atoms with E-state index in [9.17, 15) is 13.2 Å². The average Bonchev–Trinajstić information content (AvgIpc) is 2.37. The molecule has 1 aromatic carbocycles. The fourth-order valence-electron chi connectivity index (χ4n) is 2.23. The molecule has 0 spiro atoms. The van der Waals surface area contributed by atoms with E-state index in [0.29, 0.717) is 18.8 Å². The van der Waals surface area contributed by atoms with Crippen molar-refractivity contribution in [1.82, 2.24) is 4.90 Å². The van der Waals surface area contributed by atoms with Gasteiger partial charge in [0.15, 0.2) is 9.84 Å². The first-order valence-corrected chi connectivity index (χ1v) is 8.30. The molecule has 0 radical (unpaired) electrons. The Balaban J connectivity index is 1.95. The summed E-state index contributed by atoms with van der Waals surface area (Å²) < 4.78 is 28.5. The van der Waals surface area contributed by atoms with Crippen LogP contribution in [0, 0.1) is 0 Å². The number of carbonyl (C=O) groups is 1. The monoisotopic (exact) mass is 297 g/mol. The van der Waals surface area contributed by atoms with Gasteiger partial charge >= 0.3 is 0 Å². The zero-order valence-corrected chi connectivity index (χ0v) is 12.5. The molecule has 0 atom stereocenters.